The van der Waals surface area contributed by atoms with Gasteiger partial charge in [0.2, 0.25) is 0 Å². The Kier molecular flexibility index (Phi) is 4.24. The monoisotopic (exact) mass is 211 g/mol. The van der Waals surface area contributed by atoms with E-state index in [0.29, 0.717) is 6.54 Å². The Morgan fingerprint density at radius 2 is 1.87 bits per heavy atom. The number of methoxy groups -OCH3 is 2. The second-order valence-electron chi connectivity index (χ2n) is 3.17. The highest BCUT2D eigenvalue weighted by Gasteiger charge is 2.07. The van der Waals surface area contributed by atoms with E-state index in [2.05, 4.69) is 5.32 Å². The largest absolute Gasteiger partial charge is 0.496 e. The lowest BCUT2D eigenvalue weighted by atomic mass is 10.2. The van der Waals surface area contributed by atoms with Crippen molar-refractivity contribution in [1.82, 2.24) is 0 Å². The summed E-state index contributed by atoms with van der Waals surface area (Å²) in [5.41, 5.74) is 1.85. The number of benzene rings is 1. The molecule has 0 aliphatic rings. The van der Waals surface area contributed by atoms with Gasteiger partial charge in [0.15, 0.2) is 0 Å². The van der Waals surface area contributed by atoms with Crippen molar-refractivity contribution in [3.05, 3.63) is 17.7 Å². The van der Waals surface area contributed by atoms with Crippen molar-refractivity contribution in [1.29, 1.82) is 0 Å². The van der Waals surface area contributed by atoms with Crippen LogP contribution in [0.5, 0.6) is 11.5 Å². The molecule has 0 aliphatic carbocycles. The van der Waals surface area contributed by atoms with Crippen LogP contribution in [0.1, 0.15) is 5.56 Å². The Hall–Kier alpha value is -1.42. The van der Waals surface area contributed by atoms with Gasteiger partial charge in [-0.25, -0.2) is 0 Å². The smallest absolute Gasteiger partial charge is 0.142 e. The molecule has 4 nitrogen and oxygen atoms in total. The molecule has 2 N–H and O–H groups in total. The predicted molar refractivity (Wildman–Crippen MR) is 59.9 cm³/mol. The molecule has 0 aliphatic heterocycles. The van der Waals surface area contributed by atoms with E-state index in [1.807, 2.05) is 19.1 Å². The van der Waals surface area contributed by atoms with Crippen molar-refractivity contribution in [3.63, 3.8) is 0 Å². The minimum atomic E-state index is 0.0827. The molecule has 84 valence electrons. The van der Waals surface area contributed by atoms with E-state index in [1.165, 1.54) is 0 Å². The van der Waals surface area contributed by atoms with Crippen molar-refractivity contribution in [2.75, 3.05) is 32.7 Å². The third-order valence-electron chi connectivity index (χ3n) is 2.14. The van der Waals surface area contributed by atoms with Crippen LogP contribution in [0.2, 0.25) is 0 Å². The number of aliphatic hydroxyl groups is 1. The van der Waals surface area contributed by atoms with E-state index >= 15 is 0 Å². The second-order valence-corrected chi connectivity index (χ2v) is 3.17. The molecule has 0 atom stereocenters. The topological polar surface area (TPSA) is 50.7 Å². The summed E-state index contributed by atoms with van der Waals surface area (Å²) >= 11 is 0. The van der Waals surface area contributed by atoms with Crippen LogP contribution in [0.25, 0.3) is 0 Å². The average Bonchev–Trinajstić information content (AvgIpc) is 2.26. The molecule has 0 amide bonds. The molecule has 4 heteroatoms. The lowest BCUT2D eigenvalue weighted by Crippen LogP contribution is -2.07. The highest BCUT2D eigenvalue weighted by molar-refractivity contribution is 5.62. The van der Waals surface area contributed by atoms with Crippen LogP contribution in [-0.4, -0.2) is 32.5 Å². The van der Waals surface area contributed by atoms with E-state index in [4.69, 9.17) is 14.6 Å². The molecule has 0 aromatic heterocycles. The molecule has 0 fully saturated rings. The number of ether oxygens (including phenoxy) is 2. The Balaban J connectivity index is 2.99. The molecule has 1 aromatic rings. The molecular weight excluding hydrogens is 194 g/mol. The first kappa shape index (κ1) is 11.7. The maximum Gasteiger partial charge on any atom is 0.142 e. The number of aliphatic hydroxyl groups excluding tert-OH is 1. The van der Waals surface area contributed by atoms with E-state index in [1.54, 1.807) is 14.2 Å². The van der Waals surface area contributed by atoms with Gasteiger partial charge >= 0.3 is 0 Å². The molecule has 0 unspecified atom stereocenters. The molecule has 0 spiro atoms. The quantitative estimate of drug-likeness (QED) is 0.773. The maximum absolute atomic E-state index is 8.74. The third-order valence-corrected chi connectivity index (χ3v) is 2.14. The first-order valence-electron chi connectivity index (χ1n) is 4.80. The zero-order chi connectivity index (χ0) is 11.3. The van der Waals surface area contributed by atoms with Crippen LogP contribution >= 0.6 is 0 Å². The molecule has 0 saturated heterocycles. The Bertz CT molecular complexity index is 326. The van der Waals surface area contributed by atoms with Crippen molar-refractivity contribution >= 4 is 5.69 Å². The summed E-state index contributed by atoms with van der Waals surface area (Å²) in [6, 6.07) is 3.77. The summed E-state index contributed by atoms with van der Waals surface area (Å²) in [6.45, 7) is 2.53. The number of anilines is 1. The zero-order valence-corrected chi connectivity index (χ0v) is 9.33. The Labute approximate surface area is 89.8 Å². The molecule has 0 bridgehead atoms. The van der Waals surface area contributed by atoms with E-state index in [0.717, 1.165) is 22.7 Å². The van der Waals surface area contributed by atoms with Crippen LogP contribution in [-0.2, 0) is 0 Å². The van der Waals surface area contributed by atoms with Crippen LogP contribution in [0.3, 0.4) is 0 Å². The van der Waals surface area contributed by atoms with Crippen LogP contribution < -0.4 is 14.8 Å². The van der Waals surface area contributed by atoms with Gasteiger partial charge in [0.25, 0.3) is 0 Å². The Morgan fingerprint density at radius 1 is 1.20 bits per heavy atom. The fraction of sp³-hybridized carbons (Fsp3) is 0.455. The minimum absolute atomic E-state index is 0.0827. The summed E-state index contributed by atoms with van der Waals surface area (Å²) in [5.74, 6) is 1.55. The van der Waals surface area contributed by atoms with Crippen LogP contribution in [0, 0.1) is 6.92 Å². The number of rotatable bonds is 5. The molecule has 1 rings (SSSR count). The second kappa shape index (κ2) is 5.46. The SMILES string of the molecule is COc1cc(NCCO)c(OC)cc1C. The van der Waals surface area contributed by atoms with Crippen LogP contribution in [0.4, 0.5) is 5.69 Å². The number of hydrogen-bond donors (Lipinski definition) is 2. The van der Waals surface area contributed by atoms with E-state index in [9.17, 15) is 0 Å². The molecular formula is C11H17NO3. The van der Waals surface area contributed by atoms with Gasteiger partial charge in [0.05, 0.1) is 26.5 Å². The summed E-state index contributed by atoms with van der Waals surface area (Å²) in [4.78, 5) is 0. The number of nitrogens with one attached hydrogen (secondary N) is 1. The zero-order valence-electron chi connectivity index (χ0n) is 9.33. The summed E-state index contributed by atoms with van der Waals surface area (Å²) in [7, 11) is 3.25. The van der Waals surface area contributed by atoms with Crippen LogP contribution in [0.15, 0.2) is 12.1 Å². The van der Waals surface area contributed by atoms with E-state index in [-0.39, 0.29) is 6.61 Å². The van der Waals surface area contributed by atoms with E-state index < -0.39 is 0 Å². The summed E-state index contributed by atoms with van der Waals surface area (Å²) in [6.07, 6.45) is 0. The van der Waals surface area contributed by atoms with Gasteiger partial charge in [-0.05, 0) is 18.6 Å². The fourth-order valence-corrected chi connectivity index (χ4v) is 1.38. The minimum Gasteiger partial charge on any atom is -0.496 e. The number of aryl methyl sites for hydroxylation is 1. The van der Waals surface area contributed by atoms with Gasteiger partial charge in [0.1, 0.15) is 11.5 Å². The van der Waals surface area contributed by atoms with Crippen molar-refractivity contribution in [2.24, 2.45) is 0 Å². The standard InChI is InChI=1S/C11H17NO3/c1-8-6-11(15-3)9(12-4-5-13)7-10(8)14-2/h6-7,12-13H,4-5H2,1-3H3. The number of hydrogen-bond acceptors (Lipinski definition) is 4. The van der Waals surface area contributed by atoms with Gasteiger partial charge in [-0.2, -0.15) is 0 Å². The van der Waals surface area contributed by atoms with Gasteiger partial charge in [-0.15, -0.1) is 0 Å². The fourth-order valence-electron chi connectivity index (χ4n) is 1.38. The first-order valence-corrected chi connectivity index (χ1v) is 4.80. The van der Waals surface area contributed by atoms with Gasteiger partial charge in [-0.3, -0.25) is 0 Å². The Morgan fingerprint density at radius 3 is 2.40 bits per heavy atom. The van der Waals surface area contributed by atoms with Gasteiger partial charge < -0.3 is 19.9 Å². The maximum atomic E-state index is 8.74. The van der Waals surface area contributed by atoms with Gasteiger partial charge in [0, 0.05) is 12.6 Å². The molecule has 0 radical (unpaired) electrons. The first-order chi connectivity index (χ1) is 7.22. The predicted octanol–water partition coefficient (Wildman–Crippen LogP) is 1.42. The molecule has 0 saturated carbocycles. The molecule has 0 heterocycles. The summed E-state index contributed by atoms with van der Waals surface area (Å²) < 4.78 is 10.4. The molecule has 15 heavy (non-hydrogen) atoms. The normalized spacial score (nSPS) is 9.87. The highest BCUT2D eigenvalue weighted by atomic mass is 16.5. The van der Waals surface area contributed by atoms with Crippen molar-refractivity contribution in [3.8, 4) is 11.5 Å². The highest BCUT2D eigenvalue weighted by Crippen LogP contribution is 2.32. The lowest BCUT2D eigenvalue weighted by Gasteiger charge is -2.13. The van der Waals surface area contributed by atoms with Crippen molar-refractivity contribution < 1.29 is 14.6 Å². The lowest BCUT2D eigenvalue weighted by molar-refractivity contribution is 0.310. The summed E-state index contributed by atoms with van der Waals surface area (Å²) in [5, 5.41) is 11.8. The average molecular weight is 211 g/mol. The van der Waals surface area contributed by atoms with Gasteiger partial charge in [-0.1, -0.05) is 0 Å². The molecule has 1 aromatic carbocycles. The third kappa shape index (κ3) is 2.76. The van der Waals surface area contributed by atoms with Crippen molar-refractivity contribution in [2.45, 2.75) is 6.92 Å².